The minimum absolute atomic E-state index is 0.0347. The highest BCUT2D eigenvalue weighted by atomic mass is 32.2. The van der Waals surface area contributed by atoms with E-state index in [2.05, 4.69) is 12.2 Å². The van der Waals surface area contributed by atoms with Gasteiger partial charge in [0, 0.05) is 18.7 Å². The second-order valence-corrected chi connectivity index (χ2v) is 12.8. The molecule has 1 amide bonds. The number of thioether (sulfide) groups is 1. The lowest BCUT2D eigenvalue weighted by Gasteiger charge is -2.42. The molecule has 0 bridgehead atoms. The molecular formula is C29H42F17NOS. The largest absolute Gasteiger partial charge is 0.460 e. The smallest absolute Gasteiger partial charge is 0.347 e. The summed E-state index contributed by atoms with van der Waals surface area (Å²) in [6.45, 7) is 2.13. The number of unbranched alkanes of at least 4 members (excludes halogenated alkanes) is 15. The van der Waals surface area contributed by atoms with E-state index in [0.29, 0.717) is 12.8 Å². The van der Waals surface area contributed by atoms with Gasteiger partial charge in [0.25, 0.3) is 5.24 Å². The Balaban J connectivity index is 4.67. The zero-order chi connectivity index (χ0) is 38.4. The van der Waals surface area contributed by atoms with Gasteiger partial charge in [-0.25, -0.2) is 0 Å². The van der Waals surface area contributed by atoms with Crippen molar-refractivity contribution in [1.29, 1.82) is 0 Å². The van der Waals surface area contributed by atoms with Crippen LogP contribution < -0.4 is 5.32 Å². The second kappa shape index (κ2) is 19.5. The van der Waals surface area contributed by atoms with Gasteiger partial charge in [-0.05, 0) is 6.42 Å². The van der Waals surface area contributed by atoms with Gasteiger partial charge in [0.15, 0.2) is 0 Å². The zero-order valence-corrected chi connectivity index (χ0v) is 27.5. The first-order valence-electron chi connectivity index (χ1n) is 15.8. The second-order valence-electron chi connectivity index (χ2n) is 11.8. The van der Waals surface area contributed by atoms with Crippen LogP contribution in [-0.4, -0.2) is 65.2 Å². The molecule has 1 N–H and O–H groups in total. The van der Waals surface area contributed by atoms with Gasteiger partial charge in [0.1, 0.15) is 0 Å². The topological polar surface area (TPSA) is 29.1 Å². The van der Waals surface area contributed by atoms with Crippen LogP contribution in [0.25, 0.3) is 0 Å². The number of carbonyl (C=O) groups is 1. The first kappa shape index (κ1) is 47.6. The van der Waals surface area contributed by atoms with Crippen molar-refractivity contribution in [1.82, 2.24) is 5.32 Å². The first-order chi connectivity index (χ1) is 22.2. The first-order valence-corrected chi connectivity index (χ1v) is 16.8. The molecule has 0 spiro atoms. The Morgan fingerprint density at radius 2 is 0.755 bits per heavy atom. The molecule has 0 saturated carbocycles. The molecule has 0 heterocycles. The lowest BCUT2D eigenvalue weighted by molar-refractivity contribution is -0.461. The standard InChI is InChI=1S/C29H42F17NOS/c1-2-3-4-5-6-7-8-9-10-11-12-13-14-15-16-17-19-47-21(48)49-20-18-22(30,31)23(32,33)24(34,35)25(36,37)26(38,39)27(40,41)28(42,43)29(44,45)46/h2-20H2,1H3,(H,47,48). The van der Waals surface area contributed by atoms with Crippen LogP contribution in [0.3, 0.4) is 0 Å². The summed E-state index contributed by atoms with van der Waals surface area (Å²) >= 11 is -0.246. The highest BCUT2D eigenvalue weighted by molar-refractivity contribution is 8.13. The van der Waals surface area contributed by atoms with E-state index in [0.717, 1.165) is 38.5 Å². The Hall–Kier alpha value is -1.37. The number of carbonyl (C=O) groups excluding carboxylic acids is 1. The Bertz CT molecular complexity index is 958. The van der Waals surface area contributed by atoms with E-state index in [9.17, 15) is 79.4 Å². The fourth-order valence-corrected chi connectivity index (χ4v) is 5.29. The summed E-state index contributed by atoms with van der Waals surface area (Å²) < 4.78 is 226. The number of amides is 1. The SMILES string of the molecule is CCCCCCCCCCCCCCCCCCNC(=O)SCCC(F)(F)C(F)(F)C(F)(F)C(F)(F)C(F)(F)C(F)(F)C(F)(F)C(F)(F)F. The van der Waals surface area contributed by atoms with Crippen molar-refractivity contribution in [2.24, 2.45) is 0 Å². The third-order valence-electron chi connectivity index (χ3n) is 7.74. The van der Waals surface area contributed by atoms with Crippen molar-refractivity contribution in [3.8, 4) is 0 Å². The molecule has 0 aliphatic heterocycles. The van der Waals surface area contributed by atoms with Crippen molar-refractivity contribution in [3.05, 3.63) is 0 Å². The molecule has 0 unspecified atom stereocenters. The minimum atomic E-state index is -8.65. The van der Waals surface area contributed by atoms with Crippen LogP contribution in [0.15, 0.2) is 0 Å². The number of halogens is 17. The van der Waals surface area contributed by atoms with E-state index in [1.165, 1.54) is 51.4 Å². The lowest BCUT2D eigenvalue weighted by atomic mass is 9.88. The molecule has 0 saturated heterocycles. The Labute approximate surface area is 278 Å². The number of rotatable bonds is 26. The molecule has 0 rings (SSSR count). The van der Waals surface area contributed by atoms with Crippen LogP contribution in [0.4, 0.5) is 79.4 Å². The summed E-state index contributed by atoms with van der Waals surface area (Å²) in [5.41, 5.74) is 0. The third kappa shape index (κ3) is 12.1. The van der Waals surface area contributed by atoms with Crippen LogP contribution in [0, 0.1) is 0 Å². The van der Waals surface area contributed by atoms with E-state index in [1.54, 1.807) is 0 Å². The van der Waals surface area contributed by atoms with Crippen molar-refractivity contribution in [3.63, 3.8) is 0 Å². The van der Waals surface area contributed by atoms with Crippen LogP contribution >= 0.6 is 11.8 Å². The molecule has 0 aromatic rings. The summed E-state index contributed by atoms with van der Waals surface area (Å²) in [5.74, 6) is -58.0. The highest BCUT2D eigenvalue weighted by Gasteiger charge is 2.95. The van der Waals surface area contributed by atoms with Gasteiger partial charge in [-0.3, -0.25) is 4.79 Å². The number of nitrogens with one attached hydrogen (secondary N) is 1. The molecule has 0 aromatic heterocycles. The van der Waals surface area contributed by atoms with Crippen LogP contribution in [0.2, 0.25) is 0 Å². The molecular weight excluding hydrogens is 733 g/mol. The molecule has 0 aromatic carbocycles. The van der Waals surface area contributed by atoms with E-state index in [-0.39, 0.29) is 18.3 Å². The number of hydrogen-bond donors (Lipinski definition) is 1. The van der Waals surface area contributed by atoms with E-state index in [1.807, 2.05) is 0 Å². The summed E-state index contributed by atoms with van der Waals surface area (Å²) in [5, 5.41) is 0.984. The van der Waals surface area contributed by atoms with Crippen molar-refractivity contribution >= 4 is 17.0 Å². The number of hydrogen-bond acceptors (Lipinski definition) is 2. The summed E-state index contributed by atoms with van der Waals surface area (Å²) in [6.07, 6.45) is 6.54. The predicted octanol–water partition coefficient (Wildman–Crippen LogP) is 13.1. The lowest BCUT2D eigenvalue weighted by Crippen LogP contribution is -2.74. The fourth-order valence-electron chi connectivity index (χ4n) is 4.54. The summed E-state index contributed by atoms with van der Waals surface area (Å²) in [6, 6.07) is 0. The maximum atomic E-state index is 13.9. The minimum Gasteiger partial charge on any atom is -0.347 e. The third-order valence-corrected chi connectivity index (χ3v) is 8.55. The average molecular weight is 776 g/mol. The van der Waals surface area contributed by atoms with Crippen molar-refractivity contribution < 1.29 is 79.4 Å². The predicted molar refractivity (Wildman–Crippen MR) is 151 cm³/mol. The van der Waals surface area contributed by atoms with Crippen LogP contribution in [0.1, 0.15) is 116 Å². The molecule has 0 radical (unpaired) electrons. The molecule has 2 nitrogen and oxygen atoms in total. The molecule has 0 aliphatic rings. The van der Waals surface area contributed by atoms with Gasteiger partial charge in [0.2, 0.25) is 0 Å². The van der Waals surface area contributed by atoms with Crippen LogP contribution in [0.5, 0.6) is 0 Å². The van der Waals surface area contributed by atoms with E-state index in [4.69, 9.17) is 0 Å². The molecule has 0 aliphatic carbocycles. The average Bonchev–Trinajstić information content (AvgIpc) is 2.97. The highest BCUT2D eigenvalue weighted by Crippen LogP contribution is 2.64. The summed E-state index contributed by atoms with van der Waals surface area (Å²) in [7, 11) is 0. The van der Waals surface area contributed by atoms with Gasteiger partial charge in [-0.15, -0.1) is 0 Å². The molecule has 49 heavy (non-hydrogen) atoms. The van der Waals surface area contributed by atoms with Gasteiger partial charge >= 0.3 is 47.6 Å². The summed E-state index contributed by atoms with van der Waals surface area (Å²) in [4.78, 5) is 11.7. The Morgan fingerprint density at radius 3 is 1.10 bits per heavy atom. The maximum Gasteiger partial charge on any atom is 0.460 e. The van der Waals surface area contributed by atoms with Crippen molar-refractivity contribution in [2.45, 2.75) is 164 Å². The van der Waals surface area contributed by atoms with Gasteiger partial charge in [0.05, 0.1) is 0 Å². The molecule has 20 heteroatoms. The zero-order valence-electron chi connectivity index (χ0n) is 26.7. The van der Waals surface area contributed by atoms with Gasteiger partial charge in [-0.2, -0.15) is 74.6 Å². The monoisotopic (exact) mass is 775 g/mol. The normalized spacial score (nSPS) is 14.4. The Morgan fingerprint density at radius 1 is 0.449 bits per heavy atom. The van der Waals surface area contributed by atoms with E-state index < -0.39 is 65.0 Å². The van der Waals surface area contributed by atoms with Crippen molar-refractivity contribution in [2.75, 3.05) is 12.3 Å². The quantitative estimate of drug-likeness (QED) is 0.0700. The van der Waals surface area contributed by atoms with Gasteiger partial charge in [-0.1, -0.05) is 115 Å². The Kier molecular flexibility index (Phi) is 18.9. The fraction of sp³-hybridized carbons (Fsp3) is 0.966. The maximum absolute atomic E-state index is 13.9. The molecule has 0 fully saturated rings. The van der Waals surface area contributed by atoms with E-state index >= 15 is 0 Å². The molecule has 294 valence electrons. The van der Waals surface area contributed by atoms with Crippen LogP contribution in [-0.2, 0) is 0 Å². The molecule has 0 atom stereocenters. The number of alkyl halides is 17. The van der Waals surface area contributed by atoms with Gasteiger partial charge < -0.3 is 5.32 Å².